The van der Waals surface area contributed by atoms with E-state index in [1.165, 1.54) is 0 Å². The van der Waals surface area contributed by atoms with E-state index in [1.807, 2.05) is 13.8 Å². The van der Waals surface area contributed by atoms with Crippen molar-refractivity contribution in [3.05, 3.63) is 0 Å². The summed E-state index contributed by atoms with van der Waals surface area (Å²) in [6, 6.07) is 0. The molecule has 0 amide bonds. The lowest BCUT2D eigenvalue weighted by molar-refractivity contribution is 0.0510. The Morgan fingerprint density at radius 2 is 0.862 bits per heavy atom. The van der Waals surface area contributed by atoms with Crippen LogP contribution in [0, 0.1) is 0 Å². The third-order valence-electron chi connectivity index (χ3n) is 4.03. The van der Waals surface area contributed by atoms with Crippen LogP contribution >= 0.6 is 7.82 Å². The summed E-state index contributed by atoms with van der Waals surface area (Å²) in [6.45, 7) is 9.79. The fourth-order valence-electron chi connectivity index (χ4n) is 2.45. The molecule has 9 heteroatoms. The zero-order valence-corrected chi connectivity index (χ0v) is 19.4. The predicted octanol–water partition coefficient (Wildman–Crippen LogP) is 4.35. The number of rotatable bonds is 24. The van der Waals surface area contributed by atoms with Crippen molar-refractivity contribution in [3.8, 4) is 0 Å². The quantitative estimate of drug-likeness (QED) is 0.174. The van der Waals surface area contributed by atoms with Gasteiger partial charge in [-0.25, -0.2) is 4.57 Å². The van der Waals surface area contributed by atoms with Gasteiger partial charge in [0.2, 0.25) is 0 Å². The summed E-state index contributed by atoms with van der Waals surface area (Å²) in [5.41, 5.74) is 0. The van der Waals surface area contributed by atoms with Crippen LogP contribution in [0.1, 0.15) is 65.2 Å². The molecule has 0 rings (SSSR count). The summed E-state index contributed by atoms with van der Waals surface area (Å²) < 4.78 is 43.0. The van der Waals surface area contributed by atoms with Crippen LogP contribution in [0.4, 0.5) is 0 Å². The second-order valence-corrected chi connectivity index (χ2v) is 8.04. The first-order chi connectivity index (χ1) is 14.1. The van der Waals surface area contributed by atoms with E-state index in [2.05, 4.69) is 0 Å². The fourth-order valence-corrected chi connectivity index (χ4v) is 3.24. The molecule has 0 aliphatic rings. The molecule has 8 nitrogen and oxygen atoms in total. The molecule has 0 heterocycles. The zero-order chi connectivity index (χ0) is 21.5. The molecule has 0 fully saturated rings. The standard InChI is InChI=1S/C20H43O8P/c1-3-23-17-19-25-13-9-5-7-11-15-27-29(21,22)28-16-12-8-6-10-14-26-20-18-24-4-2/h3-20H2,1-2H3,(H,21,22). The van der Waals surface area contributed by atoms with E-state index in [9.17, 15) is 9.46 Å². The van der Waals surface area contributed by atoms with Crippen LogP contribution in [-0.4, -0.2) is 71.0 Å². The van der Waals surface area contributed by atoms with Gasteiger partial charge in [-0.2, -0.15) is 0 Å². The Bertz CT molecular complexity index is 340. The van der Waals surface area contributed by atoms with Crippen molar-refractivity contribution < 1.29 is 37.5 Å². The van der Waals surface area contributed by atoms with Gasteiger partial charge in [-0.1, -0.05) is 25.7 Å². The van der Waals surface area contributed by atoms with Crippen LogP contribution in [0.2, 0.25) is 0 Å². The van der Waals surface area contributed by atoms with Gasteiger partial charge in [-0.15, -0.1) is 0 Å². The Hall–Kier alpha value is -0.0500. The number of hydrogen-bond donors (Lipinski definition) is 1. The van der Waals surface area contributed by atoms with Crippen LogP contribution in [0.25, 0.3) is 0 Å². The molecule has 0 radical (unpaired) electrons. The van der Waals surface area contributed by atoms with Gasteiger partial charge in [0.1, 0.15) is 0 Å². The molecule has 1 N–H and O–H groups in total. The maximum Gasteiger partial charge on any atom is 0.472 e. The molecule has 0 aromatic heterocycles. The smallest absolute Gasteiger partial charge is 0.379 e. The molecule has 0 saturated heterocycles. The summed E-state index contributed by atoms with van der Waals surface area (Å²) in [7, 11) is -3.92. The summed E-state index contributed by atoms with van der Waals surface area (Å²) >= 11 is 0. The third-order valence-corrected chi connectivity index (χ3v) is 5.04. The van der Waals surface area contributed by atoms with Crippen molar-refractivity contribution in [2.24, 2.45) is 0 Å². The molecular formula is C20H43O8P. The topological polar surface area (TPSA) is 92.7 Å². The van der Waals surface area contributed by atoms with E-state index < -0.39 is 7.82 Å². The number of ether oxygens (including phenoxy) is 4. The molecule has 29 heavy (non-hydrogen) atoms. The first-order valence-corrected chi connectivity index (χ1v) is 12.5. The van der Waals surface area contributed by atoms with Crippen molar-refractivity contribution in [2.45, 2.75) is 65.2 Å². The highest BCUT2D eigenvalue weighted by atomic mass is 31.2. The van der Waals surface area contributed by atoms with Gasteiger partial charge in [0, 0.05) is 26.4 Å². The van der Waals surface area contributed by atoms with Gasteiger partial charge in [0.05, 0.1) is 39.6 Å². The Labute approximate surface area is 177 Å². The largest absolute Gasteiger partial charge is 0.472 e. The van der Waals surface area contributed by atoms with Crippen LogP contribution in [-0.2, 0) is 32.6 Å². The maximum absolute atomic E-state index is 11.8. The highest BCUT2D eigenvalue weighted by Crippen LogP contribution is 2.43. The number of phosphoric ester groups is 1. The molecule has 0 spiro atoms. The molecule has 0 aliphatic carbocycles. The lowest BCUT2D eigenvalue weighted by Gasteiger charge is -2.12. The molecule has 0 saturated carbocycles. The SMILES string of the molecule is CCOCCOCCCCCCOP(=O)(O)OCCCCCCOCCOCC. The summed E-state index contributed by atoms with van der Waals surface area (Å²) in [5.74, 6) is 0. The van der Waals surface area contributed by atoms with E-state index in [4.69, 9.17) is 28.0 Å². The van der Waals surface area contributed by atoms with Crippen molar-refractivity contribution >= 4 is 7.82 Å². The average molecular weight is 443 g/mol. The summed E-state index contributed by atoms with van der Waals surface area (Å²) in [6.07, 6.45) is 7.27. The molecular weight excluding hydrogens is 399 g/mol. The van der Waals surface area contributed by atoms with Crippen molar-refractivity contribution in [2.75, 3.05) is 66.1 Å². The van der Waals surface area contributed by atoms with Gasteiger partial charge in [0.15, 0.2) is 0 Å². The second kappa shape index (κ2) is 22.6. The van der Waals surface area contributed by atoms with Gasteiger partial charge in [-0.3, -0.25) is 9.05 Å². The minimum atomic E-state index is -3.92. The Morgan fingerprint density at radius 1 is 0.517 bits per heavy atom. The Morgan fingerprint density at radius 3 is 1.24 bits per heavy atom. The molecule has 0 aromatic carbocycles. The number of unbranched alkanes of at least 4 members (excludes halogenated alkanes) is 6. The van der Waals surface area contributed by atoms with Gasteiger partial charge in [-0.05, 0) is 39.5 Å². The van der Waals surface area contributed by atoms with E-state index >= 15 is 0 Å². The molecule has 0 aromatic rings. The molecule has 0 atom stereocenters. The van der Waals surface area contributed by atoms with E-state index in [0.29, 0.717) is 39.6 Å². The Kier molecular flexibility index (Phi) is 22.6. The summed E-state index contributed by atoms with van der Waals surface area (Å²) in [5, 5.41) is 0. The normalized spacial score (nSPS) is 12.0. The molecule has 176 valence electrons. The highest BCUT2D eigenvalue weighted by molar-refractivity contribution is 7.47. The first-order valence-electron chi connectivity index (χ1n) is 11.0. The third kappa shape index (κ3) is 24.1. The maximum atomic E-state index is 11.8. The minimum absolute atomic E-state index is 0.234. The average Bonchev–Trinajstić information content (AvgIpc) is 2.70. The minimum Gasteiger partial charge on any atom is -0.379 e. The van der Waals surface area contributed by atoms with Crippen molar-refractivity contribution in [1.82, 2.24) is 0 Å². The van der Waals surface area contributed by atoms with E-state index in [1.54, 1.807) is 0 Å². The highest BCUT2D eigenvalue weighted by Gasteiger charge is 2.19. The molecule has 0 unspecified atom stereocenters. The van der Waals surface area contributed by atoms with Gasteiger partial charge >= 0.3 is 7.82 Å². The van der Waals surface area contributed by atoms with Gasteiger partial charge < -0.3 is 23.8 Å². The van der Waals surface area contributed by atoms with Crippen molar-refractivity contribution in [1.29, 1.82) is 0 Å². The van der Waals surface area contributed by atoms with Gasteiger partial charge in [0.25, 0.3) is 0 Å². The zero-order valence-electron chi connectivity index (χ0n) is 18.5. The van der Waals surface area contributed by atoms with E-state index in [0.717, 1.165) is 64.6 Å². The van der Waals surface area contributed by atoms with Crippen LogP contribution in [0.3, 0.4) is 0 Å². The lowest BCUT2D eigenvalue weighted by Crippen LogP contribution is -2.05. The van der Waals surface area contributed by atoms with Crippen LogP contribution in [0.15, 0.2) is 0 Å². The Balaban J connectivity index is 3.31. The lowest BCUT2D eigenvalue weighted by atomic mass is 10.2. The molecule has 0 aliphatic heterocycles. The van der Waals surface area contributed by atoms with E-state index in [-0.39, 0.29) is 13.2 Å². The monoisotopic (exact) mass is 442 g/mol. The fraction of sp³-hybridized carbons (Fsp3) is 1.00. The summed E-state index contributed by atoms with van der Waals surface area (Å²) in [4.78, 5) is 9.65. The second-order valence-electron chi connectivity index (χ2n) is 6.58. The molecule has 0 bridgehead atoms. The van der Waals surface area contributed by atoms with Crippen molar-refractivity contribution in [3.63, 3.8) is 0 Å². The van der Waals surface area contributed by atoms with Crippen LogP contribution < -0.4 is 0 Å². The predicted molar refractivity (Wildman–Crippen MR) is 113 cm³/mol. The first kappa shape index (κ1) is 28.9. The van der Waals surface area contributed by atoms with Crippen LogP contribution in [0.5, 0.6) is 0 Å². The number of phosphoric acid groups is 1. The number of hydrogen-bond acceptors (Lipinski definition) is 7.